The highest BCUT2D eigenvalue weighted by Gasteiger charge is 2.30. The van der Waals surface area contributed by atoms with Crippen LogP contribution in [0.15, 0.2) is 45.9 Å². The Kier molecular flexibility index (Phi) is 6.57. The van der Waals surface area contributed by atoms with E-state index in [2.05, 4.69) is 35.8 Å². The van der Waals surface area contributed by atoms with Crippen molar-refractivity contribution in [1.82, 2.24) is 14.8 Å². The maximum atomic E-state index is 13.3. The number of nitrogens with two attached hydrogens (primary N) is 1. The first-order valence-electron chi connectivity index (χ1n) is 11.2. The SMILES string of the molecule is C=NN1C=C(C)C(N2CC[C@H](N)C2)=N/C1=C/C1CCCCN1C(=O)c1ccc(CC)s1. The van der Waals surface area contributed by atoms with Gasteiger partial charge >= 0.3 is 0 Å². The summed E-state index contributed by atoms with van der Waals surface area (Å²) in [6.45, 7) is 10.4. The van der Waals surface area contributed by atoms with Crippen LogP contribution in [0, 0.1) is 0 Å². The predicted octanol–water partition coefficient (Wildman–Crippen LogP) is 3.41. The Morgan fingerprint density at radius 1 is 1.35 bits per heavy atom. The van der Waals surface area contributed by atoms with E-state index in [-0.39, 0.29) is 18.0 Å². The number of carbonyl (C=O) groups excluding carboxylic acids is 1. The second-order valence-electron chi connectivity index (χ2n) is 8.43. The van der Waals surface area contributed by atoms with Crippen LogP contribution in [0.2, 0.25) is 0 Å². The highest BCUT2D eigenvalue weighted by Crippen LogP contribution is 2.28. The molecule has 2 atom stereocenters. The smallest absolute Gasteiger partial charge is 0.264 e. The van der Waals surface area contributed by atoms with Crippen molar-refractivity contribution >= 4 is 29.8 Å². The fourth-order valence-electron chi connectivity index (χ4n) is 4.46. The van der Waals surface area contributed by atoms with Crippen LogP contribution in [0.3, 0.4) is 0 Å². The standard InChI is InChI=1S/C23H32N6OS/c1-4-19-8-9-20(31-19)23(30)28-11-6-5-7-18(28)13-21-26-22(16(2)14-29(21)25-3)27-12-10-17(24)15-27/h8-9,13-14,17-18H,3-7,10-12,15,24H2,1-2H3/b21-13-/t17-,18?/m0/s1. The van der Waals surface area contributed by atoms with Crippen LogP contribution in [-0.2, 0) is 6.42 Å². The second kappa shape index (κ2) is 9.36. The number of nitrogens with zero attached hydrogens (tertiary/aromatic N) is 5. The summed E-state index contributed by atoms with van der Waals surface area (Å²) in [7, 11) is 0. The van der Waals surface area contributed by atoms with Crippen molar-refractivity contribution in [1.29, 1.82) is 0 Å². The molecule has 2 N–H and O–H groups in total. The third-order valence-electron chi connectivity index (χ3n) is 6.17. The van der Waals surface area contributed by atoms with E-state index in [0.29, 0.717) is 0 Å². The molecule has 0 aromatic carbocycles. The van der Waals surface area contributed by atoms with Crippen LogP contribution in [-0.4, -0.2) is 65.0 Å². The van der Waals surface area contributed by atoms with E-state index in [0.717, 1.165) is 73.8 Å². The average Bonchev–Trinajstić information content (AvgIpc) is 3.43. The zero-order chi connectivity index (χ0) is 22.0. The molecular formula is C23H32N6OS. The summed E-state index contributed by atoms with van der Waals surface area (Å²) < 4.78 is 0. The van der Waals surface area contributed by atoms with Gasteiger partial charge < -0.3 is 15.5 Å². The summed E-state index contributed by atoms with van der Waals surface area (Å²) in [5.41, 5.74) is 7.16. The molecule has 1 unspecified atom stereocenters. The second-order valence-corrected chi connectivity index (χ2v) is 9.60. The Bertz CT molecular complexity index is 932. The highest BCUT2D eigenvalue weighted by molar-refractivity contribution is 7.14. The van der Waals surface area contributed by atoms with E-state index < -0.39 is 0 Å². The van der Waals surface area contributed by atoms with Crippen molar-refractivity contribution in [2.24, 2.45) is 15.8 Å². The van der Waals surface area contributed by atoms with Gasteiger partial charge in [0.15, 0.2) is 5.82 Å². The molecule has 2 fully saturated rings. The lowest BCUT2D eigenvalue weighted by Gasteiger charge is -2.35. The first-order chi connectivity index (χ1) is 15.0. The number of aryl methyl sites for hydroxylation is 1. The lowest BCUT2D eigenvalue weighted by Crippen LogP contribution is -2.43. The number of likely N-dealkylation sites (tertiary alicyclic amines) is 2. The molecule has 4 heterocycles. The number of rotatable bonds is 4. The van der Waals surface area contributed by atoms with Crippen molar-refractivity contribution in [3.63, 3.8) is 0 Å². The molecule has 8 heteroatoms. The van der Waals surface area contributed by atoms with E-state index in [1.165, 1.54) is 4.88 Å². The zero-order valence-electron chi connectivity index (χ0n) is 18.5. The monoisotopic (exact) mass is 440 g/mol. The Morgan fingerprint density at radius 3 is 2.87 bits per heavy atom. The summed E-state index contributed by atoms with van der Waals surface area (Å²) in [6, 6.07) is 4.20. The number of thiophene rings is 1. The summed E-state index contributed by atoms with van der Waals surface area (Å²) in [6.07, 6.45) is 9.02. The summed E-state index contributed by atoms with van der Waals surface area (Å²) in [4.78, 5) is 24.5. The van der Waals surface area contributed by atoms with Gasteiger partial charge in [0.25, 0.3) is 5.91 Å². The number of aliphatic imine (C=N–C) groups is 1. The fourth-order valence-corrected chi connectivity index (χ4v) is 5.36. The van der Waals surface area contributed by atoms with Gasteiger partial charge in [0.1, 0.15) is 5.84 Å². The van der Waals surface area contributed by atoms with Gasteiger partial charge in [-0.15, -0.1) is 11.3 Å². The van der Waals surface area contributed by atoms with Gasteiger partial charge in [-0.2, -0.15) is 5.10 Å². The minimum Gasteiger partial charge on any atom is -0.355 e. The van der Waals surface area contributed by atoms with Crippen LogP contribution in [0.1, 0.15) is 54.1 Å². The van der Waals surface area contributed by atoms with Crippen LogP contribution in [0.5, 0.6) is 0 Å². The van der Waals surface area contributed by atoms with E-state index in [9.17, 15) is 4.79 Å². The lowest BCUT2D eigenvalue weighted by molar-refractivity contribution is 0.0667. The largest absolute Gasteiger partial charge is 0.355 e. The van der Waals surface area contributed by atoms with Gasteiger partial charge in [-0.1, -0.05) is 6.92 Å². The molecule has 0 bridgehead atoms. The van der Waals surface area contributed by atoms with Gasteiger partial charge in [-0.05, 0) is 57.2 Å². The van der Waals surface area contributed by atoms with Gasteiger partial charge in [0.2, 0.25) is 0 Å². The number of amidine groups is 1. The van der Waals surface area contributed by atoms with Crippen molar-refractivity contribution in [2.45, 2.75) is 58.0 Å². The van der Waals surface area contributed by atoms with Crippen LogP contribution in [0.4, 0.5) is 0 Å². The fraction of sp³-hybridized carbons (Fsp3) is 0.522. The van der Waals surface area contributed by atoms with Gasteiger partial charge in [-0.3, -0.25) is 4.79 Å². The normalized spacial score (nSPS) is 25.6. The first-order valence-corrected chi connectivity index (χ1v) is 12.0. The molecule has 166 valence electrons. The van der Waals surface area contributed by atoms with Gasteiger partial charge in [0, 0.05) is 49.0 Å². The Labute approximate surface area is 188 Å². The Morgan fingerprint density at radius 2 is 2.19 bits per heavy atom. The van der Waals surface area contributed by atoms with Crippen molar-refractivity contribution in [3.8, 4) is 0 Å². The molecule has 31 heavy (non-hydrogen) atoms. The summed E-state index contributed by atoms with van der Waals surface area (Å²) >= 11 is 1.60. The maximum absolute atomic E-state index is 13.3. The Hall–Kier alpha value is -2.45. The third-order valence-corrected chi connectivity index (χ3v) is 7.39. The van der Waals surface area contributed by atoms with Crippen LogP contribution >= 0.6 is 11.3 Å². The van der Waals surface area contributed by atoms with Crippen molar-refractivity contribution < 1.29 is 4.79 Å². The summed E-state index contributed by atoms with van der Waals surface area (Å²) in [5, 5.41) is 5.87. The van der Waals surface area contributed by atoms with Crippen LogP contribution < -0.4 is 5.73 Å². The molecule has 0 spiro atoms. The van der Waals surface area contributed by atoms with Crippen molar-refractivity contribution in [2.75, 3.05) is 19.6 Å². The molecule has 0 saturated carbocycles. The third kappa shape index (κ3) is 4.60. The molecule has 0 radical (unpaired) electrons. The molecule has 7 nitrogen and oxygen atoms in total. The molecule has 0 aliphatic carbocycles. The number of hydrogen-bond acceptors (Lipinski definition) is 7. The van der Waals surface area contributed by atoms with E-state index >= 15 is 0 Å². The predicted molar refractivity (Wildman–Crippen MR) is 127 cm³/mol. The lowest BCUT2D eigenvalue weighted by atomic mass is 10.0. The zero-order valence-corrected chi connectivity index (χ0v) is 19.3. The van der Waals surface area contributed by atoms with Crippen LogP contribution in [0.25, 0.3) is 0 Å². The number of hydrogen-bond donors (Lipinski definition) is 1. The highest BCUT2D eigenvalue weighted by atomic mass is 32.1. The first kappa shape index (κ1) is 21.8. The van der Waals surface area contributed by atoms with Gasteiger partial charge in [-0.25, -0.2) is 10.0 Å². The Balaban J connectivity index is 1.62. The molecule has 2 saturated heterocycles. The molecule has 4 rings (SSSR count). The van der Waals surface area contributed by atoms with Gasteiger partial charge in [0.05, 0.1) is 10.9 Å². The minimum absolute atomic E-state index is 0.00897. The quantitative estimate of drug-likeness (QED) is 0.728. The molecule has 1 aromatic rings. The molecule has 3 aliphatic heterocycles. The number of piperidine rings is 1. The topological polar surface area (TPSA) is 77.5 Å². The summed E-state index contributed by atoms with van der Waals surface area (Å²) in [5.74, 6) is 1.78. The van der Waals surface area contributed by atoms with E-state index in [1.54, 1.807) is 16.3 Å². The molecule has 1 aromatic heterocycles. The molecule has 3 aliphatic rings. The van der Waals surface area contributed by atoms with E-state index in [4.69, 9.17) is 10.7 Å². The molecular weight excluding hydrogens is 408 g/mol. The maximum Gasteiger partial charge on any atom is 0.264 e. The number of amides is 1. The average molecular weight is 441 g/mol. The minimum atomic E-state index is -0.00897. The number of hydrazone groups is 1. The number of carbonyl (C=O) groups is 1. The molecule has 1 amide bonds. The van der Waals surface area contributed by atoms with Crippen molar-refractivity contribution in [3.05, 3.63) is 45.6 Å². The van der Waals surface area contributed by atoms with E-state index in [1.807, 2.05) is 24.1 Å².